The number of aryl methyl sites for hydroxylation is 2. The van der Waals surface area contributed by atoms with E-state index in [1.807, 2.05) is 30.9 Å². The number of hydrogen-bond acceptors (Lipinski definition) is 4. The van der Waals surface area contributed by atoms with Gasteiger partial charge in [0.25, 0.3) is 0 Å². The van der Waals surface area contributed by atoms with Crippen LogP contribution in [-0.2, 0) is 22.6 Å². The Hall–Kier alpha value is -2.70. The van der Waals surface area contributed by atoms with Crippen molar-refractivity contribution in [3.8, 4) is 0 Å². The SMILES string of the molecule is Cc1n[nH]c(C)c1CCC(=O)N(Cc1cccnc1)C[C@@H]1CCC(=O)N1. The Morgan fingerprint density at radius 3 is 2.85 bits per heavy atom. The first kappa shape index (κ1) is 18.1. The Labute approximate surface area is 153 Å². The van der Waals surface area contributed by atoms with Crippen LogP contribution in [0.5, 0.6) is 0 Å². The van der Waals surface area contributed by atoms with Crippen molar-refractivity contribution >= 4 is 11.8 Å². The molecule has 0 saturated carbocycles. The highest BCUT2D eigenvalue weighted by Gasteiger charge is 2.25. The molecule has 0 bridgehead atoms. The quantitative estimate of drug-likeness (QED) is 0.790. The topological polar surface area (TPSA) is 91.0 Å². The van der Waals surface area contributed by atoms with Gasteiger partial charge in [0.2, 0.25) is 11.8 Å². The number of rotatable bonds is 7. The maximum Gasteiger partial charge on any atom is 0.223 e. The van der Waals surface area contributed by atoms with Gasteiger partial charge in [0.15, 0.2) is 0 Å². The standard InChI is InChI=1S/C19H25N5O2/c1-13-17(14(2)23-22-13)6-8-19(26)24(11-15-4-3-9-20-10-15)12-16-5-7-18(25)21-16/h3-4,9-10,16H,5-8,11-12H2,1-2H3,(H,21,25)(H,22,23)/t16-/m0/s1. The summed E-state index contributed by atoms with van der Waals surface area (Å²) in [6.45, 7) is 4.96. The molecule has 2 aromatic heterocycles. The Bertz CT molecular complexity index is 752. The molecule has 1 aliphatic rings. The second-order valence-corrected chi connectivity index (χ2v) is 6.85. The summed E-state index contributed by atoms with van der Waals surface area (Å²) >= 11 is 0. The summed E-state index contributed by atoms with van der Waals surface area (Å²) in [6, 6.07) is 3.86. The minimum absolute atomic E-state index is 0.0283. The molecule has 1 fully saturated rings. The van der Waals surface area contributed by atoms with Crippen molar-refractivity contribution in [3.63, 3.8) is 0 Å². The van der Waals surface area contributed by atoms with E-state index in [1.165, 1.54) is 0 Å². The van der Waals surface area contributed by atoms with E-state index in [-0.39, 0.29) is 17.9 Å². The highest BCUT2D eigenvalue weighted by molar-refractivity contribution is 5.79. The van der Waals surface area contributed by atoms with Crippen LogP contribution in [-0.4, -0.2) is 44.5 Å². The van der Waals surface area contributed by atoms with Crippen molar-refractivity contribution in [2.75, 3.05) is 6.54 Å². The molecule has 1 atom stereocenters. The number of H-pyrrole nitrogens is 1. The minimum atomic E-state index is 0.0283. The average molecular weight is 355 g/mol. The number of carbonyl (C=O) groups excluding carboxylic acids is 2. The molecule has 26 heavy (non-hydrogen) atoms. The van der Waals surface area contributed by atoms with Gasteiger partial charge < -0.3 is 10.2 Å². The van der Waals surface area contributed by atoms with Gasteiger partial charge >= 0.3 is 0 Å². The lowest BCUT2D eigenvalue weighted by Crippen LogP contribution is -2.41. The van der Waals surface area contributed by atoms with E-state index < -0.39 is 0 Å². The lowest BCUT2D eigenvalue weighted by Gasteiger charge is -2.26. The lowest BCUT2D eigenvalue weighted by molar-refractivity contribution is -0.132. The fourth-order valence-electron chi connectivity index (χ4n) is 3.38. The van der Waals surface area contributed by atoms with Gasteiger partial charge in [0.05, 0.1) is 5.69 Å². The maximum atomic E-state index is 12.9. The molecule has 0 radical (unpaired) electrons. The van der Waals surface area contributed by atoms with Gasteiger partial charge in [-0.15, -0.1) is 0 Å². The van der Waals surface area contributed by atoms with E-state index in [4.69, 9.17) is 0 Å². The predicted molar refractivity (Wildman–Crippen MR) is 97.2 cm³/mol. The molecule has 3 rings (SSSR count). The third-order valence-electron chi connectivity index (χ3n) is 4.84. The molecule has 0 aromatic carbocycles. The highest BCUT2D eigenvalue weighted by Crippen LogP contribution is 2.16. The maximum absolute atomic E-state index is 12.9. The van der Waals surface area contributed by atoms with Crippen molar-refractivity contribution in [3.05, 3.63) is 47.0 Å². The Balaban J connectivity index is 1.66. The van der Waals surface area contributed by atoms with Crippen molar-refractivity contribution < 1.29 is 9.59 Å². The van der Waals surface area contributed by atoms with Crippen molar-refractivity contribution in [2.45, 2.75) is 52.1 Å². The molecule has 138 valence electrons. The molecule has 1 saturated heterocycles. The molecule has 0 spiro atoms. The molecule has 1 aliphatic heterocycles. The van der Waals surface area contributed by atoms with E-state index in [0.717, 1.165) is 28.9 Å². The molecule has 2 amide bonds. The molecule has 2 aromatic rings. The highest BCUT2D eigenvalue weighted by atomic mass is 16.2. The van der Waals surface area contributed by atoms with Crippen LogP contribution in [0.1, 0.15) is 41.8 Å². The summed E-state index contributed by atoms with van der Waals surface area (Å²) in [4.78, 5) is 30.3. The zero-order chi connectivity index (χ0) is 18.5. The molecular weight excluding hydrogens is 330 g/mol. The number of pyridine rings is 1. The second-order valence-electron chi connectivity index (χ2n) is 6.85. The van der Waals surface area contributed by atoms with Crippen molar-refractivity contribution in [1.82, 2.24) is 25.4 Å². The molecule has 0 aliphatic carbocycles. The number of nitrogens with one attached hydrogen (secondary N) is 2. The third-order valence-corrected chi connectivity index (χ3v) is 4.84. The van der Waals surface area contributed by atoms with Crippen LogP contribution >= 0.6 is 0 Å². The Morgan fingerprint density at radius 2 is 2.23 bits per heavy atom. The van der Waals surface area contributed by atoms with Crippen LogP contribution in [0.15, 0.2) is 24.5 Å². The van der Waals surface area contributed by atoms with Gasteiger partial charge in [0.1, 0.15) is 0 Å². The molecule has 3 heterocycles. The number of nitrogens with zero attached hydrogens (tertiary/aromatic N) is 3. The minimum Gasteiger partial charge on any atom is -0.352 e. The first-order valence-electron chi connectivity index (χ1n) is 8.99. The van der Waals surface area contributed by atoms with E-state index in [9.17, 15) is 9.59 Å². The van der Waals surface area contributed by atoms with E-state index in [2.05, 4.69) is 20.5 Å². The summed E-state index contributed by atoms with van der Waals surface area (Å²) in [6.07, 6.45) is 5.88. The molecule has 7 heteroatoms. The Morgan fingerprint density at radius 1 is 1.38 bits per heavy atom. The van der Waals surface area contributed by atoms with Crippen LogP contribution in [0.25, 0.3) is 0 Å². The summed E-state index contributed by atoms with van der Waals surface area (Å²) in [5, 5.41) is 10.1. The number of amides is 2. The largest absolute Gasteiger partial charge is 0.352 e. The van der Waals surface area contributed by atoms with Gasteiger partial charge in [-0.2, -0.15) is 5.10 Å². The third kappa shape index (κ3) is 4.47. The number of carbonyl (C=O) groups is 2. The molecule has 2 N–H and O–H groups in total. The summed E-state index contributed by atoms with van der Waals surface area (Å²) in [5.41, 5.74) is 4.05. The molecular formula is C19H25N5O2. The van der Waals surface area contributed by atoms with E-state index in [0.29, 0.717) is 32.4 Å². The fraction of sp³-hybridized carbons (Fsp3) is 0.474. The van der Waals surface area contributed by atoms with Gasteiger partial charge in [-0.3, -0.25) is 19.7 Å². The van der Waals surface area contributed by atoms with Crippen LogP contribution in [0.4, 0.5) is 0 Å². The normalized spacial score (nSPS) is 16.5. The summed E-state index contributed by atoms with van der Waals surface area (Å²) in [7, 11) is 0. The van der Waals surface area contributed by atoms with Gasteiger partial charge in [0, 0.05) is 50.1 Å². The zero-order valence-corrected chi connectivity index (χ0v) is 15.3. The summed E-state index contributed by atoms with van der Waals surface area (Å²) < 4.78 is 0. The van der Waals surface area contributed by atoms with Crippen molar-refractivity contribution in [2.24, 2.45) is 0 Å². The van der Waals surface area contributed by atoms with Crippen molar-refractivity contribution in [1.29, 1.82) is 0 Å². The summed E-state index contributed by atoms with van der Waals surface area (Å²) in [5.74, 6) is 0.142. The smallest absolute Gasteiger partial charge is 0.223 e. The Kier molecular flexibility index (Phi) is 5.65. The van der Waals surface area contributed by atoms with Crippen LogP contribution in [0.2, 0.25) is 0 Å². The average Bonchev–Trinajstić information content (AvgIpc) is 3.18. The fourth-order valence-corrected chi connectivity index (χ4v) is 3.38. The van der Waals surface area contributed by atoms with Gasteiger partial charge in [-0.05, 0) is 43.9 Å². The number of aromatic nitrogens is 3. The predicted octanol–water partition coefficient (Wildman–Crippen LogP) is 1.66. The van der Waals surface area contributed by atoms with Gasteiger partial charge in [-0.25, -0.2) is 0 Å². The molecule has 7 nitrogen and oxygen atoms in total. The molecule has 0 unspecified atom stereocenters. The first-order valence-corrected chi connectivity index (χ1v) is 8.99. The van der Waals surface area contributed by atoms with E-state index in [1.54, 1.807) is 12.4 Å². The zero-order valence-electron chi connectivity index (χ0n) is 15.3. The number of aromatic amines is 1. The number of hydrogen-bond donors (Lipinski definition) is 2. The monoisotopic (exact) mass is 355 g/mol. The lowest BCUT2D eigenvalue weighted by atomic mass is 10.1. The van der Waals surface area contributed by atoms with Crippen LogP contribution < -0.4 is 5.32 Å². The second kappa shape index (κ2) is 8.12. The first-order chi connectivity index (χ1) is 12.5. The van der Waals surface area contributed by atoms with E-state index >= 15 is 0 Å². The van der Waals surface area contributed by atoms with Crippen LogP contribution in [0, 0.1) is 13.8 Å². The van der Waals surface area contributed by atoms with Crippen LogP contribution in [0.3, 0.4) is 0 Å². The van der Waals surface area contributed by atoms with Gasteiger partial charge in [-0.1, -0.05) is 6.07 Å².